The molecule has 0 aliphatic carbocycles. The average Bonchev–Trinajstić information content (AvgIpc) is 2.59. The molecule has 126 valence electrons. The largest absolute Gasteiger partial charge is 0.489 e. The van der Waals surface area contributed by atoms with E-state index in [4.69, 9.17) is 17.0 Å². The maximum Gasteiger partial charge on any atom is 0.226 e. The van der Waals surface area contributed by atoms with Crippen molar-refractivity contribution in [2.75, 3.05) is 5.32 Å². The van der Waals surface area contributed by atoms with Gasteiger partial charge in [-0.05, 0) is 36.3 Å². The van der Waals surface area contributed by atoms with Gasteiger partial charge in [0, 0.05) is 18.2 Å². The van der Waals surface area contributed by atoms with Crippen LogP contribution in [0.4, 0.5) is 5.69 Å². The van der Waals surface area contributed by atoms with Crippen molar-refractivity contribution in [2.45, 2.75) is 32.8 Å². The van der Waals surface area contributed by atoms with E-state index in [1.165, 1.54) is 0 Å². The molecule has 2 N–H and O–H groups in total. The molecule has 0 heterocycles. The van der Waals surface area contributed by atoms with E-state index in [2.05, 4.69) is 10.6 Å². The summed E-state index contributed by atoms with van der Waals surface area (Å²) >= 11 is 5.16. The minimum absolute atomic E-state index is 0.0640. The highest BCUT2D eigenvalue weighted by atomic mass is 32.1. The van der Waals surface area contributed by atoms with Gasteiger partial charge in [0.2, 0.25) is 5.91 Å². The van der Waals surface area contributed by atoms with Gasteiger partial charge < -0.3 is 15.4 Å². The number of anilines is 1. The first-order valence-corrected chi connectivity index (χ1v) is 8.46. The van der Waals surface area contributed by atoms with Gasteiger partial charge in [-0.3, -0.25) is 4.79 Å². The van der Waals surface area contributed by atoms with E-state index in [0.29, 0.717) is 18.1 Å². The fraction of sp³-hybridized carbons (Fsp3) is 0.263. The first-order valence-electron chi connectivity index (χ1n) is 8.05. The molecule has 5 heteroatoms. The normalized spacial score (nSPS) is 10.0. The number of ether oxygens (including phenoxy) is 1. The van der Waals surface area contributed by atoms with Crippen molar-refractivity contribution in [3.05, 3.63) is 60.2 Å². The standard InChI is InChI=1S/C19H22N2O2S/c1-2-3-12-18(22)21-19(24)20-16-10-7-11-17(13-16)23-14-15-8-5-4-6-9-15/h4-11,13H,2-3,12,14H2,1H3,(H2,20,21,22,24). The van der Waals surface area contributed by atoms with Gasteiger partial charge in [0.25, 0.3) is 0 Å². The van der Waals surface area contributed by atoms with E-state index in [9.17, 15) is 4.79 Å². The van der Waals surface area contributed by atoms with Crippen molar-refractivity contribution < 1.29 is 9.53 Å². The van der Waals surface area contributed by atoms with Crippen molar-refractivity contribution in [3.8, 4) is 5.75 Å². The number of amides is 1. The number of rotatable bonds is 7. The van der Waals surface area contributed by atoms with Gasteiger partial charge in [-0.15, -0.1) is 0 Å². The van der Waals surface area contributed by atoms with Gasteiger partial charge in [-0.2, -0.15) is 0 Å². The molecule has 0 fully saturated rings. The van der Waals surface area contributed by atoms with Crippen LogP contribution in [-0.2, 0) is 11.4 Å². The average molecular weight is 342 g/mol. The smallest absolute Gasteiger partial charge is 0.226 e. The molecule has 0 aliphatic rings. The van der Waals surface area contributed by atoms with E-state index in [-0.39, 0.29) is 5.91 Å². The van der Waals surface area contributed by atoms with Crippen LogP contribution < -0.4 is 15.4 Å². The summed E-state index contributed by atoms with van der Waals surface area (Å²) in [5, 5.41) is 5.99. The van der Waals surface area contributed by atoms with Crippen molar-refractivity contribution in [1.29, 1.82) is 0 Å². The van der Waals surface area contributed by atoms with Gasteiger partial charge in [-0.1, -0.05) is 49.7 Å². The van der Waals surface area contributed by atoms with Crippen LogP contribution in [0.1, 0.15) is 31.7 Å². The van der Waals surface area contributed by atoms with Crippen LogP contribution >= 0.6 is 12.2 Å². The summed E-state index contributed by atoms with van der Waals surface area (Å²) < 4.78 is 5.78. The predicted molar refractivity (Wildman–Crippen MR) is 101 cm³/mol. The topological polar surface area (TPSA) is 50.4 Å². The molecule has 1 amide bonds. The molecule has 0 bridgehead atoms. The summed E-state index contributed by atoms with van der Waals surface area (Å²) in [6, 6.07) is 17.5. The summed E-state index contributed by atoms with van der Waals surface area (Å²) in [5.74, 6) is 0.676. The molecule has 2 rings (SSSR count). The zero-order valence-electron chi connectivity index (χ0n) is 13.7. The van der Waals surface area contributed by atoms with Crippen molar-refractivity contribution >= 4 is 28.9 Å². The Labute approximate surface area is 148 Å². The maximum absolute atomic E-state index is 11.7. The number of nitrogens with one attached hydrogen (secondary N) is 2. The van der Waals surface area contributed by atoms with E-state index in [1.54, 1.807) is 0 Å². The first kappa shape index (κ1) is 17.9. The molecule has 0 spiro atoms. The molecule has 0 atom stereocenters. The number of hydrogen-bond acceptors (Lipinski definition) is 3. The van der Waals surface area contributed by atoms with Gasteiger partial charge >= 0.3 is 0 Å². The van der Waals surface area contributed by atoms with Gasteiger partial charge in [0.05, 0.1) is 0 Å². The number of benzene rings is 2. The zero-order chi connectivity index (χ0) is 17.2. The van der Waals surface area contributed by atoms with E-state index < -0.39 is 0 Å². The summed E-state index contributed by atoms with van der Waals surface area (Å²) in [4.78, 5) is 11.7. The molecule has 2 aromatic carbocycles. The van der Waals surface area contributed by atoms with Crippen LogP contribution in [0, 0.1) is 0 Å². The lowest BCUT2D eigenvalue weighted by atomic mass is 10.2. The second-order valence-corrected chi connectivity index (χ2v) is 5.82. The van der Waals surface area contributed by atoms with Crippen molar-refractivity contribution in [2.24, 2.45) is 0 Å². The lowest BCUT2D eigenvalue weighted by molar-refractivity contribution is -0.119. The van der Waals surface area contributed by atoms with Crippen LogP contribution in [0.3, 0.4) is 0 Å². The van der Waals surface area contributed by atoms with Gasteiger partial charge in [-0.25, -0.2) is 0 Å². The summed E-state index contributed by atoms with van der Waals surface area (Å²) in [7, 11) is 0. The van der Waals surface area contributed by atoms with Crippen LogP contribution in [-0.4, -0.2) is 11.0 Å². The Hall–Kier alpha value is -2.40. The minimum Gasteiger partial charge on any atom is -0.489 e. The lowest BCUT2D eigenvalue weighted by Gasteiger charge is -2.11. The van der Waals surface area contributed by atoms with Crippen molar-refractivity contribution in [3.63, 3.8) is 0 Å². The molecule has 0 saturated heterocycles. The predicted octanol–water partition coefficient (Wildman–Crippen LogP) is 4.27. The number of hydrogen-bond donors (Lipinski definition) is 2. The Kier molecular flexibility index (Phi) is 7.23. The third-order valence-electron chi connectivity index (χ3n) is 3.35. The van der Waals surface area contributed by atoms with Crippen LogP contribution in [0.5, 0.6) is 5.75 Å². The fourth-order valence-corrected chi connectivity index (χ4v) is 2.33. The Bertz CT molecular complexity index is 674. The summed E-state index contributed by atoms with van der Waals surface area (Å²) in [6.07, 6.45) is 2.32. The Morgan fingerprint density at radius 2 is 1.92 bits per heavy atom. The highest BCUT2D eigenvalue weighted by Gasteiger charge is 2.05. The molecule has 0 unspecified atom stereocenters. The third-order valence-corrected chi connectivity index (χ3v) is 3.55. The molecular weight excluding hydrogens is 320 g/mol. The Balaban J connectivity index is 1.85. The molecule has 0 saturated carbocycles. The summed E-state index contributed by atoms with van der Waals surface area (Å²) in [6.45, 7) is 2.55. The Morgan fingerprint density at radius 3 is 2.67 bits per heavy atom. The third kappa shape index (κ3) is 6.38. The van der Waals surface area contributed by atoms with Crippen LogP contribution in [0.2, 0.25) is 0 Å². The first-order chi connectivity index (χ1) is 11.7. The number of thiocarbonyl (C=S) groups is 1. The SMILES string of the molecule is CCCCC(=O)NC(=S)Nc1cccc(OCc2ccccc2)c1. The quantitative estimate of drug-likeness (QED) is 0.738. The number of unbranched alkanes of at least 4 members (excludes halogenated alkanes) is 1. The molecule has 0 aromatic heterocycles. The molecule has 0 radical (unpaired) electrons. The fourth-order valence-electron chi connectivity index (χ4n) is 2.09. The Morgan fingerprint density at radius 1 is 1.12 bits per heavy atom. The number of carbonyl (C=O) groups excluding carboxylic acids is 1. The molecule has 0 aliphatic heterocycles. The second kappa shape index (κ2) is 9.67. The van der Waals surface area contributed by atoms with E-state index in [0.717, 1.165) is 29.8 Å². The highest BCUT2D eigenvalue weighted by molar-refractivity contribution is 7.80. The zero-order valence-corrected chi connectivity index (χ0v) is 14.6. The molecule has 4 nitrogen and oxygen atoms in total. The molecule has 2 aromatic rings. The lowest BCUT2D eigenvalue weighted by Crippen LogP contribution is -2.33. The second-order valence-electron chi connectivity index (χ2n) is 5.41. The van der Waals surface area contributed by atoms with Crippen LogP contribution in [0.25, 0.3) is 0 Å². The van der Waals surface area contributed by atoms with E-state index in [1.807, 2.05) is 61.5 Å². The maximum atomic E-state index is 11.7. The monoisotopic (exact) mass is 342 g/mol. The van der Waals surface area contributed by atoms with Gasteiger partial charge in [0.15, 0.2) is 5.11 Å². The van der Waals surface area contributed by atoms with Crippen molar-refractivity contribution in [1.82, 2.24) is 5.32 Å². The highest BCUT2D eigenvalue weighted by Crippen LogP contribution is 2.18. The molecule has 24 heavy (non-hydrogen) atoms. The molecular formula is C19H22N2O2S. The summed E-state index contributed by atoms with van der Waals surface area (Å²) in [5.41, 5.74) is 1.89. The number of carbonyl (C=O) groups is 1. The van der Waals surface area contributed by atoms with E-state index >= 15 is 0 Å². The van der Waals surface area contributed by atoms with Gasteiger partial charge in [0.1, 0.15) is 12.4 Å². The van der Waals surface area contributed by atoms with Crippen LogP contribution in [0.15, 0.2) is 54.6 Å². The minimum atomic E-state index is -0.0640.